The summed E-state index contributed by atoms with van der Waals surface area (Å²) in [5.74, 6) is 0.746. The third-order valence-electron chi connectivity index (χ3n) is 2.89. The Morgan fingerprint density at radius 1 is 0.947 bits per heavy atom. The zero-order chi connectivity index (χ0) is 13.2. The van der Waals surface area contributed by atoms with Gasteiger partial charge in [-0.15, -0.1) is 5.10 Å². The average Bonchev–Trinajstić information content (AvgIpc) is 2.83. The van der Waals surface area contributed by atoms with Crippen LogP contribution in [0.2, 0.25) is 5.28 Å². The number of nitrogens with zero attached hydrogens (tertiary/aromatic N) is 3. The van der Waals surface area contributed by atoms with Gasteiger partial charge in [-0.2, -0.15) is 4.98 Å². The first-order valence-electron chi connectivity index (χ1n) is 5.99. The van der Waals surface area contributed by atoms with Gasteiger partial charge < -0.3 is 0 Å². The molecule has 3 nitrogen and oxygen atoms in total. The van der Waals surface area contributed by atoms with Crippen LogP contribution < -0.4 is 0 Å². The Bertz CT molecular complexity index is 687. The monoisotopic (exact) mass is 269 g/mol. The maximum Gasteiger partial charge on any atom is 0.243 e. The van der Waals surface area contributed by atoms with Gasteiger partial charge in [0.25, 0.3) is 0 Å². The van der Waals surface area contributed by atoms with E-state index in [2.05, 4.69) is 17.0 Å². The fourth-order valence-electron chi connectivity index (χ4n) is 1.93. The van der Waals surface area contributed by atoms with Gasteiger partial charge >= 0.3 is 0 Å². The van der Waals surface area contributed by atoms with Gasteiger partial charge in [-0.25, -0.2) is 4.68 Å². The van der Waals surface area contributed by atoms with Crippen molar-refractivity contribution in [2.24, 2.45) is 0 Å². The van der Waals surface area contributed by atoms with Gasteiger partial charge in [0.2, 0.25) is 5.28 Å². The third-order valence-corrected chi connectivity index (χ3v) is 3.05. The summed E-state index contributed by atoms with van der Waals surface area (Å²) in [6, 6.07) is 18.0. The highest BCUT2D eigenvalue weighted by Gasteiger charge is 2.11. The molecule has 0 aliphatic rings. The topological polar surface area (TPSA) is 30.7 Å². The second-order valence-electron chi connectivity index (χ2n) is 4.32. The lowest BCUT2D eigenvalue weighted by Gasteiger charge is -2.05. The molecule has 0 N–H and O–H groups in total. The van der Waals surface area contributed by atoms with Gasteiger partial charge in [0.05, 0.1) is 5.69 Å². The lowest BCUT2D eigenvalue weighted by Crippen LogP contribution is -1.99. The van der Waals surface area contributed by atoms with Crippen LogP contribution in [-0.4, -0.2) is 14.8 Å². The minimum Gasteiger partial charge on any atom is -0.212 e. The van der Waals surface area contributed by atoms with Crippen LogP contribution >= 0.6 is 11.6 Å². The predicted octanol–water partition coefficient (Wildman–Crippen LogP) is 3.90. The first-order valence-corrected chi connectivity index (χ1v) is 6.37. The Balaban J connectivity index is 2.15. The molecular formula is C15H12ClN3. The number of aryl methyl sites for hydroxylation is 1. The zero-order valence-corrected chi connectivity index (χ0v) is 11.2. The van der Waals surface area contributed by atoms with Crippen molar-refractivity contribution in [3.8, 4) is 17.1 Å². The minimum absolute atomic E-state index is 0.249. The van der Waals surface area contributed by atoms with Gasteiger partial charge in [0, 0.05) is 5.56 Å². The highest BCUT2D eigenvalue weighted by atomic mass is 35.5. The van der Waals surface area contributed by atoms with Crippen molar-refractivity contribution in [2.75, 3.05) is 0 Å². The minimum atomic E-state index is 0.249. The van der Waals surface area contributed by atoms with E-state index in [9.17, 15) is 0 Å². The molecule has 0 saturated carbocycles. The summed E-state index contributed by atoms with van der Waals surface area (Å²) in [6.45, 7) is 2.05. The van der Waals surface area contributed by atoms with Crippen molar-refractivity contribution in [1.82, 2.24) is 14.8 Å². The molecule has 3 rings (SSSR count). The van der Waals surface area contributed by atoms with Crippen LogP contribution in [-0.2, 0) is 0 Å². The molecule has 0 bridgehead atoms. The van der Waals surface area contributed by atoms with Gasteiger partial charge in [0.1, 0.15) is 0 Å². The van der Waals surface area contributed by atoms with Crippen molar-refractivity contribution in [3.63, 3.8) is 0 Å². The van der Waals surface area contributed by atoms with Crippen LogP contribution in [0.25, 0.3) is 17.1 Å². The maximum atomic E-state index is 5.95. The summed E-state index contributed by atoms with van der Waals surface area (Å²) in [5, 5.41) is 4.50. The normalized spacial score (nSPS) is 10.6. The molecule has 0 aliphatic carbocycles. The molecule has 4 heteroatoms. The molecule has 19 heavy (non-hydrogen) atoms. The van der Waals surface area contributed by atoms with Crippen molar-refractivity contribution in [2.45, 2.75) is 6.92 Å². The molecule has 94 valence electrons. The maximum absolute atomic E-state index is 5.95. The molecule has 0 radical (unpaired) electrons. The Labute approximate surface area is 116 Å². The number of hydrogen-bond donors (Lipinski definition) is 0. The molecule has 0 atom stereocenters. The molecular weight excluding hydrogens is 258 g/mol. The van der Waals surface area contributed by atoms with E-state index < -0.39 is 0 Å². The van der Waals surface area contributed by atoms with Crippen LogP contribution in [0, 0.1) is 6.92 Å². The number of benzene rings is 2. The molecule has 0 amide bonds. The molecule has 0 saturated heterocycles. The number of hydrogen-bond acceptors (Lipinski definition) is 2. The van der Waals surface area contributed by atoms with Crippen LogP contribution in [0.3, 0.4) is 0 Å². The summed E-state index contributed by atoms with van der Waals surface area (Å²) in [5.41, 5.74) is 3.15. The average molecular weight is 270 g/mol. The molecule has 0 spiro atoms. The summed E-state index contributed by atoms with van der Waals surface area (Å²) < 4.78 is 1.76. The summed E-state index contributed by atoms with van der Waals surface area (Å²) in [4.78, 5) is 4.30. The molecule has 0 aliphatic heterocycles. The summed E-state index contributed by atoms with van der Waals surface area (Å²) in [6.07, 6.45) is 0. The largest absolute Gasteiger partial charge is 0.243 e. The highest BCUT2D eigenvalue weighted by Crippen LogP contribution is 2.22. The zero-order valence-electron chi connectivity index (χ0n) is 10.4. The lowest BCUT2D eigenvalue weighted by molar-refractivity contribution is 0.887. The standard InChI is InChI=1S/C15H12ClN3/c1-11-7-9-12(10-8-11)14-17-15(16)18-19(14)13-5-3-2-4-6-13/h2-10H,1H3. The molecule has 0 fully saturated rings. The molecule has 1 aromatic heterocycles. The summed E-state index contributed by atoms with van der Waals surface area (Å²) >= 11 is 5.95. The van der Waals surface area contributed by atoms with Crippen LogP contribution in [0.15, 0.2) is 54.6 Å². The molecule has 1 heterocycles. The quantitative estimate of drug-likeness (QED) is 0.706. The van der Waals surface area contributed by atoms with Crippen molar-refractivity contribution < 1.29 is 0 Å². The van der Waals surface area contributed by atoms with E-state index in [-0.39, 0.29) is 5.28 Å². The van der Waals surface area contributed by atoms with Crippen molar-refractivity contribution in [3.05, 3.63) is 65.4 Å². The fraction of sp³-hybridized carbons (Fsp3) is 0.0667. The Kier molecular flexibility index (Phi) is 3.05. The van der Waals surface area contributed by atoms with Gasteiger partial charge in [-0.05, 0) is 30.7 Å². The van der Waals surface area contributed by atoms with Crippen LogP contribution in [0.5, 0.6) is 0 Å². The lowest BCUT2D eigenvalue weighted by atomic mass is 10.1. The Hall–Kier alpha value is -2.13. The van der Waals surface area contributed by atoms with E-state index in [1.165, 1.54) is 5.56 Å². The van der Waals surface area contributed by atoms with Crippen molar-refractivity contribution in [1.29, 1.82) is 0 Å². The van der Waals surface area contributed by atoms with E-state index >= 15 is 0 Å². The van der Waals surface area contributed by atoms with Crippen molar-refractivity contribution >= 4 is 11.6 Å². The summed E-state index contributed by atoms with van der Waals surface area (Å²) in [7, 11) is 0. The van der Waals surface area contributed by atoms with E-state index in [4.69, 9.17) is 11.6 Å². The second-order valence-corrected chi connectivity index (χ2v) is 4.66. The number of para-hydroxylation sites is 1. The number of rotatable bonds is 2. The van der Waals surface area contributed by atoms with Gasteiger partial charge in [-0.3, -0.25) is 0 Å². The van der Waals surface area contributed by atoms with E-state index in [0.29, 0.717) is 0 Å². The first-order chi connectivity index (χ1) is 9.24. The highest BCUT2D eigenvalue weighted by molar-refractivity contribution is 6.28. The Morgan fingerprint density at radius 2 is 1.63 bits per heavy atom. The predicted molar refractivity (Wildman–Crippen MR) is 76.5 cm³/mol. The Morgan fingerprint density at radius 3 is 2.32 bits per heavy atom. The number of halogens is 1. The van der Waals surface area contributed by atoms with Gasteiger partial charge in [-0.1, -0.05) is 48.0 Å². The third kappa shape index (κ3) is 2.37. The second kappa shape index (κ2) is 4.86. The molecule has 2 aromatic carbocycles. The van der Waals surface area contributed by atoms with Crippen LogP contribution in [0.4, 0.5) is 0 Å². The molecule has 3 aromatic rings. The fourth-order valence-corrected chi connectivity index (χ4v) is 2.08. The van der Waals surface area contributed by atoms with E-state index in [1.807, 2.05) is 54.6 Å². The van der Waals surface area contributed by atoms with Crippen LogP contribution in [0.1, 0.15) is 5.56 Å². The van der Waals surface area contributed by atoms with E-state index in [1.54, 1.807) is 4.68 Å². The SMILES string of the molecule is Cc1ccc(-c2nc(Cl)nn2-c2ccccc2)cc1. The first kappa shape index (κ1) is 11.9. The molecule has 0 unspecified atom stereocenters. The smallest absolute Gasteiger partial charge is 0.212 e. The van der Waals surface area contributed by atoms with Gasteiger partial charge in [0.15, 0.2) is 5.82 Å². The van der Waals surface area contributed by atoms with E-state index in [0.717, 1.165) is 17.1 Å². The number of aromatic nitrogens is 3.